The van der Waals surface area contributed by atoms with E-state index in [1.54, 1.807) is 20.8 Å². The van der Waals surface area contributed by atoms with Gasteiger partial charge in [0.2, 0.25) is 0 Å². The van der Waals surface area contributed by atoms with E-state index < -0.39 is 17.8 Å². The summed E-state index contributed by atoms with van der Waals surface area (Å²) in [6.45, 7) is 4.83. The summed E-state index contributed by atoms with van der Waals surface area (Å²) < 4.78 is 9.76. The molecule has 7 nitrogen and oxygen atoms in total. The Morgan fingerprint density at radius 3 is 2.35 bits per heavy atom. The number of ether oxygens (including phenoxy) is 2. The first-order valence-corrected chi connectivity index (χ1v) is 6.16. The third-order valence-corrected chi connectivity index (χ3v) is 2.73. The normalized spacial score (nSPS) is 10.0. The average molecular weight is 282 g/mol. The summed E-state index contributed by atoms with van der Waals surface area (Å²) in [6.07, 6.45) is 0. The molecule has 0 radical (unpaired) electrons. The number of nitrogens with one attached hydrogen (secondary N) is 2. The molecule has 0 aliphatic carbocycles. The van der Waals surface area contributed by atoms with Crippen LogP contribution in [-0.4, -0.2) is 43.1 Å². The minimum absolute atomic E-state index is 0.219. The van der Waals surface area contributed by atoms with Crippen molar-refractivity contribution in [2.75, 3.05) is 20.3 Å². The van der Waals surface area contributed by atoms with Crippen LogP contribution >= 0.6 is 0 Å². The second-order valence-corrected chi connectivity index (χ2v) is 4.09. The molecule has 2 N–H and O–H groups in total. The predicted molar refractivity (Wildman–Crippen MR) is 70.6 cm³/mol. The fourth-order valence-corrected chi connectivity index (χ4v) is 1.74. The lowest BCUT2D eigenvalue weighted by Crippen LogP contribution is -2.25. The molecule has 0 unspecified atom stereocenters. The van der Waals surface area contributed by atoms with Gasteiger partial charge in [-0.3, -0.25) is 4.79 Å². The van der Waals surface area contributed by atoms with Crippen LogP contribution in [-0.2, 0) is 14.3 Å². The maximum atomic E-state index is 11.9. The number of esters is 2. The van der Waals surface area contributed by atoms with E-state index in [1.807, 2.05) is 0 Å². The Hall–Kier alpha value is -2.31. The summed E-state index contributed by atoms with van der Waals surface area (Å²) in [5.41, 5.74) is 1.41. The Bertz CT molecular complexity index is 533. The third-order valence-electron chi connectivity index (χ3n) is 2.73. The zero-order valence-electron chi connectivity index (χ0n) is 12.0. The highest BCUT2D eigenvalue weighted by molar-refractivity contribution is 5.99. The molecule has 1 aromatic rings. The van der Waals surface area contributed by atoms with Gasteiger partial charge in [-0.2, -0.15) is 0 Å². The number of hydrogen-bond donors (Lipinski definition) is 2. The molecule has 0 spiro atoms. The summed E-state index contributed by atoms with van der Waals surface area (Å²) in [4.78, 5) is 37.5. The van der Waals surface area contributed by atoms with Crippen LogP contribution in [0.1, 0.15) is 39.0 Å². The van der Waals surface area contributed by atoms with Gasteiger partial charge in [0.05, 0.1) is 12.2 Å². The lowest BCUT2D eigenvalue weighted by Gasteiger charge is -2.04. The van der Waals surface area contributed by atoms with Crippen LogP contribution in [0.15, 0.2) is 0 Å². The molecule has 0 saturated heterocycles. The van der Waals surface area contributed by atoms with Crippen LogP contribution in [0.3, 0.4) is 0 Å². The summed E-state index contributed by atoms with van der Waals surface area (Å²) in [7, 11) is 1.45. The molecule has 1 amide bonds. The number of hydrogen-bond acceptors (Lipinski definition) is 5. The molecule has 1 rings (SSSR count). The first kappa shape index (κ1) is 15.7. The number of aryl methyl sites for hydroxylation is 1. The van der Waals surface area contributed by atoms with Gasteiger partial charge in [0, 0.05) is 12.7 Å². The Balaban J connectivity index is 2.93. The number of likely N-dealkylation sites (N-methyl/N-ethyl adjacent to an activating group) is 1. The van der Waals surface area contributed by atoms with Crippen molar-refractivity contribution < 1.29 is 23.9 Å². The highest BCUT2D eigenvalue weighted by atomic mass is 16.5. The van der Waals surface area contributed by atoms with Gasteiger partial charge < -0.3 is 19.8 Å². The average Bonchev–Trinajstić information content (AvgIpc) is 2.71. The van der Waals surface area contributed by atoms with Crippen molar-refractivity contribution in [1.29, 1.82) is 0 Å². The van der Waals surface area contributed by atoms with Crippen LogP contribution in [0, 0.1) is 13.8 Å². The van der Waals surface area contributed by atoms with Crippen molar-refractivity contribution >= 4 is 17.8 Å². The van der Waals surface area contributed by atoms with Crippen molar-refractivity contribution in [1.82, 2.24) is 10.3 Å². The highest BCUT2D eigenvalue weighted by Gasteiger charge is 2.24. The number of carbonyl (C=O) groups is 3. The molecule has 110 valence electrons. The molecule has 0 saturated carbocycles. The van der Waals surface area contributed by atoms with E-state index in [2.05, 4.69) is 10.3 Å². The Morgan fingerprint density at radius 1 is 1.15 bits per heavy atom. The van der Waals surface area contributed by atoms with Gasteiger partial charge in [0.1, 0.15) is 5.69 Å². The van der Waals surface area contributed by atoms with Crippen LogP contribution < -0.4 is 5.32 Å². The van der Waals surface area contributed by atoms with Gasteiger partial charge >= 0.3 is 11.9 Å². The Labute approximate surface area is 116 Å². The zero-order chi connectivity index (χ0) is 15.3. The standard InChI is InChI=1S/C13H18N2O5/c1-5-19-13(18)11-7(2)10(8(3)15-11)12(17)20-6-9(16)14-4/h15H,5-6H2,1-4H3,(H,14,16). The number of aromatic nitrogens is 1. The predicted octanol–water partition coefficient (Wildman–Crippen LogP) is 0.711. The maximum Gasteiger partial charge on any atom is 0.355 e. The van der Waals surface area contributed by atoms with Gasteiger partial charge in [-0.25, -0.2) is 9.59 Å². The molecular weight excluding hydrogens is 264 g/mol. The quantitative estimate of drug-likeness (QED) is 0.775. The summed E-state index contributed by atoms with van der Waals surface area (Å²) >= 11 is 0. The van der Waals surface area contributed by atoms with Crippen molar-refractivity contribution in [3.63, 3.8) is 0 Å². The summed E-state index contributed by atoms with van der Waals surface area (Å²) in [6, 6.07) is 0. The molecule has 7 heteroatoms. The van der Waals surface area contributed by atoms with Crippen LogP contribution in [0.4, 0.5) is 0 Å². The number of aromatic amines is 1. The molecule has 0 aliphatic rings. The van der Waals surface area contributed by atoms with E-state index in [4.69, 9.17) is 9.47 Å². The lowest BCUT2D eigenvalue weighted by molar-refractivity contribution is -0.123. The number of H-pyrrole nitrogens is 1. The van der Waals surface area contributed by atoms with Crippen molar-refractivity contribution in [3.05, 3.63) is 22.5 Å². The van der Waals surface area contributed by atoms with Crippen LogP contribution in [0.5, 0.6) is 0 Å². The molecule has 1 aromatic heterocycles. The van der Waals surface area contributed by atoms with Gasteiger partial charge in [0.15, 0.2) is 6.61 Å². The van der Waals surface area contributed by atoms with Crippen molar-refractivity contribution in [2.24, 2.45) is 0 Å². The van der Waals surface area contributed by atoms with Gasteiger partial charge in [-0.15, -0.1) is 0 Å². The van der Waals surface area contributed by atoms with Crippen LogP contribution in [0.25, 0.3) is 0 Å². The molecule has 0 fully saturated rings. The van der Waals surface area contributed by atoms with Crippen molar-refractivity contribution in [3.8, 4) is 0 Å². The Kier molecular flexibility index (Phi) is 5.31. The molecule has 0 atom stereocenters. The summed E-state index contributed by atoms with van der Waals surface area (Å²) in [5, 5.41) is 2.34. The smallest absolute Gasteiger partial charge is 0.355 e. The first-order valence-electron chi connectivity index (χ1n) is 6.16. The van der Waals surface area contributed by atoms with Crippen molar-refractivity contribution in [2.45, 2.75) is 20.8 Å². The molecular formula is C13H18N2O5. The largest absolute Gasteiger partial charge is 0.461 e. The fraction of sp³-hybridized carbons (Fsp3) is 0.462. The fourth-order valence-electron chi connectivity index (χ4n) is 1.74. The first-order chi connectivity index (χ1) is 9.42. The van der Waals surface area contributed by atoms with Gasteiger partial charge in [0.25, 0.3) is 5.91 Å². The zero-order valence-corrected chi connectivity index (χ0v) is 12.0. The highest BCUT2D eigenvalue weighted by Crippen LogP contribution is 2.19. The minimum Gasteiger partial charge on any atom is -0.461 e. The summed E-state index contributed by atoms with van der Waals surface area (Å²) in [5.74, 6) is -1.59. The lowest BCUT2D eigenvalue weighted by atomic mass is 10.1. The van der Waals surface area contributed by atoms with E-state index >= 15 is 0 Å². The topological polar surface area (TPSA) is 97.5 Å². The molecule has 1 heterocycles. The number of carbonyl (C=O) groups excluding carboxylic acids is 3. The van der Waals surface area contributed by atoms with E-state index in [9.17, 15) is 14.4 Å². The van der Waals surface area contributed by atoms with Gasteiger partial charge in [-0.05, 0) is 26.3 Å². The molecule has 20 heavy (non-hydrogen) atoms. The van der Waals surface area contributed by atoms with E-state index in [0.29, 0.717) is 11.3 Å². The Morgan fingerprint density at radius 2 is 1.80 bits per heavy atom. The molecule has 0 aromatic carbocycles. The van der Waals surface area contributed by atoms with E-state index in [0.717, 1.165) is 0 Å². The number of rotatable bonds is 5. The minimum atomic E-state index is -0.657. The monoisotopic (exact) mass is 282 g/mol. The van der Waals surface area contributed by atoms with Crippen LogP contribution in [0.2, 0.25) is 0 Å². The van der Waals surface area contributed by atoms with E-state index in [-0.39, 0.29) is 24.5 Å². The van der Waals surface area contributed by atoms with E-state index in [1.165, 1.54) is 7.05 Å². The second kappa shape index (κ2) is 6.74. The SMILES string of the molecule is CCOC(=O)c1[nH]c(C)c(C(=O)OCC(=O)NC)c1C. The number of amides is 1. The molecule has 0 bridgehead atoms. The second-order valence-electron chi connectivity index (χ2n) is 4.09. The maximum absolute atomic E-state index is 11.9. The molecule has 0 aliphatic heterocycles. The third kappa shape index (κ3) is 3.37. The van der Waals surface area contributed by atoms with Gasteiger partial charge in [-0.1, -0.05) is 0 Å².